The fourth-order valence-electron chi connectivity index (χ4n) is 5.77. The highest BCUT2D eigenvalue weighted by atomic mass is 16.5. The molecule has 5 rings (SSSR count). The topological polar surface area (TPSA) is 177 Å². The fraction of sp³-hybridized carbons (Fsp3) is 0.548. The van der Waals surface area contributed by atoms with Gasteiger partial charge in [0.1, 0.15) is 24.5 Å². The molecule has 1 saturated heterocycles. The third-order valence-electron chi connectivity index (χ3n) is 8.15. The molecule has 0 aliphatic carbocycles. The standard InChI is InChI=1S/C31H43N9O5/c1-2-3-15-45-30-36-28(32)27-29(37-30)40(31(43)35-27)11-5-10-39(20-23-19-33-21-34-23)24-8-12-38(13-9-24)14-16-44-25-7-4-6-22(17-25)18-26(41)42/h4,6-7,17,19,24H,2-3,5,8-16,18,20-21H2,1H3,(H,35,43)(H,41,42)(H2,32,36,37). The van der Waals surface area contributed by atoms with Crippen LogP contribution in [0, 0.1) is 0 Å². The molecular formula is C31H43N9O5. The van der Waals surface area contributed by atoms with Gasteiger partial charge in [-0.1, -0.05) is 25.5 Å². The zero-order chi connectivity index (χ0) is 31.6. The van der Waals surface area contributed by atoms with Gasteiger partial charge in [0.05, 0.1) is 18.7 Å². The van der Waals surface area contributed by atoms with E-state index in [2.05, 4.69) is 41.7 Å². The number of nitrogen functional groups attached to an aromatic ring is 1. The number of anilines is 1. The normalized spacial score (nSPS) is 15.6. The van der Waals surface area contributed by atoms with E-state index in [9.17, 15) is 9.59 Å². The first-order valence-electron chi connectivity index (χ1n) is 15.7. The Morgan fingerprint density at radius 1 is 1.16 bits per heavy atom. The first kappa shape index (κ1) is 32.1. The minimum atomic E-state index is -0.857. The highest BCUT2D eigenvalue weighted by Crippen LogP contribution is 2.21. The summed E-state index contributed by atoms with van der Waals surface area (Å²) < 4.78 is 13.2. The second-order valence-electron chi connectivity index (χ2n) is 11.4. The Labute approximate surface area is 262 Å². The number of carboxylic acids is 1. The Hall–Kier alpha value is -4.30. The van der Waals surface area contributed by atoms with Crippen LogP contribution in [0.15, 0.2) is 39.0 Å². The maximum atomic E-state index is 12.8. The number of aromatic amines is 1. The summed E-state index contributed by atoms with van der Waals surface area (Å²) in [6, 6.07) is 7.83. The average Bonchev–Trinajstić information content (AvgIpc) is 3.65. The van der Waals surface area contributed by atoms with Crippen LogP contribution >= 0.6 is 0 Å². The lowest BCUT2D eigenvalue weighted by molar-refractivity contribution is -0.136. The maximum absolute atomic E-state index is 12.8. The van der Waals surface area contributed by atoms with Crippen LogP contribution < -0.4 is 20.9 Å². The Morgan fingerprint density at radius 3 is 2.76 bits per heavy atom. The summed E-state index contributed by atoms with van der Waals surface area (Å²) >= 11 is 0. The number of imidazole rings is 1. The molecule has 0 spiro atoms. The van der Waals surface area contributed by atoms with E-state index in [0.29, 0.717) is 49.4 Å². The smallest absolute Gasteiger partial charge is 0.327 e. The summed E-state index contributed by atoms with van der Waals surface area (Å²) in [6.45, 7) is 8.27. The summed E-state index contributed by atoms with van der Waals surface area (Å²) in [5.74, 6) is 0.0358. The quantitative estimate of drug-likeness (QED) is 0.189. The lowest BCUT2D eigenvalue weighted by atomic mass is 10.0. The van der Waals surface area contributed by atoms with Crippen LogP contribution in [0.1, 0.15) is 44.6 Å². The molecule has 2 aromatic heterocycles. The Morgan fingerprint density at radius 2 is 2.00 bits per heavy atom. The number of fused-ring (bicyclic) bond motifs is 1. The minimum Gasteiger partial charge on any atom is -0.492 e. The average molecular weight is 622 g/mol. The van der Waals surface area contributed by atoms with Crippen molar-refractivity contribution in [2.45, 2.75) is 58.0 Å². The molecule has 1 aromatic carbocycles. The van der Waals surface area contributed by atoms with Gasteiger partial charge in [-0.25, -0.2) is 4.79 Å². The number of H-pyrrole nitrogens is 1. The van der Waals surface area contributed by atoms with E-state index in [0.717, 1.165) is 76.1 Å². The minimum absolute atomic E-state index is 0.0178. The Kier molecular flexibility index (Phi) is 11.1. The fourth-order valence-corrected chi connectivity index (χ4v) is 5.77. The van der Waals surface area contributed by atoms with Crippen molar-refractivity contribution in [2.75, 3.05) is 58.3 Å². The highest BCUT2D eigenvalue weighted by molar-refractivity contribution is 6.32. The number of carbonyl (C=O) groups is 1. The van der Waals surface area contributed by atoms with Crippen LogP contribution in [0.3, 0.4) is 0 Å². The molecule has 14 nitrogen and oxygen atoms in total. The van der Waals surface area contributed by atoms with Crippen LogP contribution in [0.25, 0.3) is 11.2 Å². The zero-order valence-electron chi connectivity index (χ0n) is 25.9. The molecule has 0 unspecified atom stereocenters. The lowest BCUT2D eigenvalue weighted by Crippen LogP contribution is -2.47. The van der Waals surface area contributed by atoms with Gasteiger partial charge in [0.2, 0.25) is 0 Å². The van der Waals surface area contributed by atoms with Crippen molar-refractivity contribution < 1.29 is 19.4 Å². The molecule has 2 aliphatic rings. The maximum Gasteiger partial charge on any atom is 0.327 e. The molecule has 2 aliphatic heterocycles. The molecule has 4 N–H and O–H groups in total. The monoisotopic (exact) mass is 621 g/mol. The van der Waals surface area contributed by atoms with E-state index >= 15 is 0 Å². The zero-order valence-corrected chi connectivity index (χ0v) is 25.9. The third kappa shape index (κ3) is 8.88. The molecule has 14 heteroatoms. The van der Waals surface area contributed by atoms with Gasteiger partial charge in [-0.05, 0) is 56.5 Å². The van der Waals surface area contributed by atoms with Crippen LogP contribution in [-0.2, 0) is 17.8 Å². The molecular weight excluding hydrogens is 578 g/mol. The van der Waals surface area contributed by atoms with E-state index < -0.39 is 5.97 Å². The Bertz CT molecular complexity index is 1560. The van der Waals surface area contributed by atoms with Gasteiger partial charge in [-0.3, -0.25) is 29.1 Å². The molecule has 0 amide bonds. The van der Waals surface area contributed by atoms with Gasteiger partial charge in [-0.15, -0.1) is 0 Å². The van der Waals surface area contributed by atoms with Gasteiger partial charge in [0, 0.05) is 38.4 Å². The largest absolute Gasteiger partial charge is 0.492 e. The predicted molar refractivity (Wildman–Crippen MR) is 173 cm³/mol. The number of rotatable bonds is 17. The number of nitrogens with zero attached hydrogens (tertiary/aromatic N) is 7. The van der Waals surface area contributed by atoms with Crippen molar-refractivity contribution in [3.8, 4) is 11.8 Å². The number of hydrogen-bond acceptors (Lipinski definition) is 11. The first-order valence-corrected chi connectivity index (χ1v) is 15.7. The van der Waals surface area contributed by atoms with Crippen molar-refractivity contribution in [3.05, 3.63) is 40.3 Å². The second kappa shape index (κ2) is 15.6. The molecule has 45 heavy (non-hydrogen) atoms. The number of aromatic nitrogens is 4. The van der Waals surface area contributed by atoms with E-state index in [-0.39, 0.29) is 23.9 Å². The SMILES string of the molecule is CCCCOc1nc(N)c2[nH]c(=O)n(CCCN(CC3=NCN=C3)C3CCN(CCOc4cccc(CC(=O)O)c4)CC3)c2n1. The summed E-state index contributed by atoms with van der Waals surface area (Å²) in [7, 11) is 0. The number of nitrogens with one attached hydrogen (secondary N) is 1. The number of carboxylic acid groups (broad SMARTS) is 1. The van der Waals surface area contributed by atoms with Crippen LogP contribution in [0.5, 0.6) is 11.8 Å². The first-order chi connectivity index (χ1) is 21.9. The number of nitrogens with two attached hydrogens (primary N) is 1. The lowest BCUT2D eigenvalue weighted by Gasteiger charge is -2.38. The van der Waals surface area contributed by atoms with Crippen molar-refractivity contribution in [1.29, 1.82) is 0 Å². The van der Waals surface area contributed by atoms with E-state index in [1.165, 1.54) is 0 Å². The van der Waals surface area contributed by atoms with Crippen molar-refractivity contribution in [3.63, 3.8) is 0 Å². The summed E-state index contributed by atoms with van der Waals surface area (Å²) in [6.07, 6.45) is 6.46. The highest BCUT2D eigenvalue weighted by Gasteiger charge is 2.26. The van der Waals surface area contributed by atoms with Crippen molar-refractivity contribution in [2.24, 2.45) is 9.98 Å². The number of likely N-dealkylation sites (tertiary alicyclic amines) is 1. The Balaban J connectivity index is 1.15. The number of aliphatic imine (C=N–C) groups is 2. The molecule has 3 aromatic rings. The molecule has 4 heterocycles. The number of ether oxygens (including phenoxy) is 2. The van der Waals surface area contributed by atoms with Crippen LogP contribution in [-0.4, -0.2) is 111 Å². The number of piperidine rings is 1. The number of unbranched alkanes of at least 4 members (excludes halogenated alkanes) is 1. The molecule has 0 radical (unpaired) electrons. The van der Waals surface area contributed by atoms with Gasteiger partial charge in [0.25, 0.3) is 0 Å². The van der Waals surface area contributed by atoms with Crippen molar-refractivity contribution >= 4 is 34.9 Å². The summed E-state index contributed by atoms with van der Waals surface area (Å²) in [5, 5.41) is 9.04. The number of aryl methyl sites for hydroxylation is 1. The van der Waals surface area contributed by atoms with E-state index in [1.54, 1.807) is 16.7 Å². The number of aliphatic carboxylic acids is 1. The third-order valence-corrected chi connectivity index (χ3v) is 8.15. The molecule has 242 valence electrons. The predicted octanol–water partition coefficient (Wildman–Crippen LogP) is 2.23. The number of benzene rings is 1. The molecule has 0 saturated carbocycles. The van der Waals surface area contributed by atoms with Gasteiger partial charge in [0.15, 0.2) is 11.5 Å². The van der Waals surface area contributed by atoms with E-state index in [4.69, 9.17) is 20.3 Å². The van der Waals surface area contributed by atoms with Crippen molar-refractivity contribution in [1.82, 2.24) is 29.3 Å². The molecule has 0 bridgehead atoms. The number of hydrogen-bond donors (Lipinski definition) is 3. The van der Waals surface area contributed by atoms with Gasteiger partial charge in [-0.2, -0.15) is 9.97 Å². The summed E-state index contributed by atoms with van der Waals surface area (Å²) in [5.41, 5.74) is 8.46. The van der Waals surface area contributed by atoms with E-state index in [1.807, 2.05) is 18.3 Å². The van der Waals surface area contributed by atoms with Gasteiger partial charge < -0.3 is 25.3 Å². The van der Waals surface area contributed by atoms with Crippen LogP contribution in [0.2, 0.25) is 0 Å². The summed E-state index contributed by atoms with van der Waals surface area (Å²) in [4.78, 5) is 49.0. The van der Waals surface area contributed by atoms with Crippen LogP contribution in [0.4, 0.5) is 5.82 Å². The molecule has 1 fully saturated rings. The van der Waals surface area contributed by atoms with Gasteiger partial charge >= 0.3 is 17.7 Å². The molecule has 0 atom stereocenters. The second-order valence-corrected chi connectivity index (χ2v) is 11.4.